The molecular weight excluding hydrogens is 463 g/mol. The molecular formula is C21H30F3N3O5S. The third-order valence-corrected chi connectivity index (χ3v) is 5.79. The molecule has 1 amide bonds. The Morgan fingerprint density at radius 3 is 2.45 bits per heavy atom. The van der Waals surface area contributed by atoms with Gasteiger partial charge < -0.3 is 9.47 Å². The van der Waals surface area contributed by atoms with E-state index in [0.29, 0.717) is 31.7 Å². The van der Waals surface area contributed by atoms with Crippen LogP contribution in [-0.4, -0.2) is 63.6 Å². The number of anilines is 1. The number of piperidine rings is 1. The van der Waals surface area contributed by atoms with Crippen LogP contribution in [0, 0.1) is 0 Å². The number of nitrogens with zero attached hydrogens (tertiary/aromatic N) is 2. The molecule has 0 aromatic heterocycles. The molecule has 1 aromatic rings. The van der Waals surface area contributed by atoms with E-state index in [9.17, 15) is 26.4 Å². The van der Waals surface area contributed by atoms with Gasteiger partial charge in [0.05, 0.1) is 0 Å². The Labute approximate surface area is 192 Å². The van der Waals surface area contributed by atoms with Crippen molar-refractivity contribution in [1.29, 1.82) is 0 Å². The van der Waals surface area contributed by atoms with Gasteiger partial charge in [-0.15, -0.1) is 13.2 Å². The van der Waals surface area contributed by atoms with Crippen molar-refractivity contribution in [3.63, 3.8) is 0 Å². The molecule has 1 fully saturated rings. The highest BCUT2D eigenvalue weighted by Crippen LogP contribution is 2.26. The zero-order chi connectivity index (χ0) is 24.9. The van der Waals surface area contributed by atoms with Gasteiger partial charge in [-0.1, -0.05) is 6.58 Å². The van der Waals surface area contributed by atoms with Crippen LogP contribution in [0.4, 0.5) is 23.7 Å². The molecule has 0 bridgehead atoms. The van der Waals surface area contributed by atoms with Crippen molar-refractivity contribution in [2.75, 3.05) is 31.1 Å². The lowest BCUT2D eigenvalue weighted by atomic mass is 10.1. The molecule has 12 heteroatoms. The van der Waals surface area contributed by atoms with Crippen molar-refractivity contribution >= 4 is 21.8 Å². The molecule has 0 saturated carbocycles. The molecule has 1 saturated heterocycles. The molecule has 0 aliphatic carbocycles. The second kappa shape index (κ2) is 10.7. The summed E-state index contributed by atoms with van der Waals surface area (Å²) in [7, 11) is -3.56. The summed E-state index contributed by atoms with van der Waals surface area (Å²) < 4.78 is 72.8. The van der Waals surface area contributed by atoms with E-state index in [2.05, 4.69) is 16.0 Å². The van der Waals surface area contributed by atoms with E-state index in [1.54, 1.807) is 20.8 Å². The van der Waals surface area contributed by atoms with Crippen molar-refractivity contribution in [3.05, 3.63) is 36.3 Å². The average molecular weight is 494 g/mol. The van der Waals surface area contributed by atoms with Crippen molar-refractivity contribution in [3.8, 4) is 5.75 Å². The van der Waals surface area contributed by atoms with Crippen molar-refractivity contribution in [2.45, 2.75) is 51.6 Å². The first-order chi connectivity index (χ1) is 15.2. The highest BCUT2D eigenvalue weighted by molar-refractivity contribution is 7.92. The van der Waals surface area contributed by atoms with E-state index in [4.69, 9.17) is 4.74 Å². The zero-order valence-corrected chi connectivity index (χ0v) is 19.7. The molecule has 1 aliphatic rings. The highest BCUT2D eigenvalue weighted by atomic mass is 32.2. The maximum absolute atomic E-state index is 12.8. The standard InChI is InChI=1S/C21H30F3N3O5S/c1-5-33(29,30)25-16-7-6-12-26(15-16)13-14-27(19(28)32-20(2,3)4)17-8-10-18(11-9-17)31-21(22,23)24/h5,8-11,16,25H,1,6-7,12-15H2,2-4H3. The number of ether oxygens (including phenoxy) is 2. The Balaban J connectivity index is 2.11. The monoisotopic (exact) mass is 493 g/mol. The molecule has 1 aromatic carbocycles. The van der Waals surface area contributed by atoms with Gasteiger partial charge in [-0.3, -0.25) is 9.80 Å². The summed E-state index contributed by atoms with van der Waals surface area (Å²) in [6.45, 7) is 10.2. The van der Waals surface area contributed by atoms with Gasteiger partial charge in [0.2, 0.25) is 10.0 Å². The van der Waals surface area contributed by atoms with Gasteiger partial charge in [0, 0.05) is 36.8 Å². The van der Waals surface area contributed by atoms with Crippen LogP contribution in [0.1, 0.15) is 33.6 Å². The summed E-state index contributed by atoms with van der Waals surface area (Å²) in [5.41, 5.74) is -0.423. The van der Waals surface area contributed by atoms with Crippen molar-refractivity contribution in [1.82, 2.24) is 9.62 Å². The number of nitrogens with one attached hydrogen (secondary N) is 1. The minimum atomic E-state index is -4.82. The minimum Gasteiger partial charge on any atom is -0.443 e. The summed E-state index contributed by atoms with van der Waals surface area (Å²) in [4.78, 5) is 16.2. The first-order valence-electron chi connectivity index (χ1n) is 10.4. The predicted octanol–water partition coefficient (Wildman–Crippen LogP) is 3.85. The molecule has 0 radical (unpaired) electrons. The van der Waals surface area contributed by atoms with Gasteiger partial charge in [-0.05, 0) is 64.4 Å². The van der Waals surface area contributed by atoms with Gasteiger partial charge in [-0.2, -0.15) is 0 Å². The number of likely N-dealkylation sites (tertiary alicyclic amines) is 1. The SMILES string of the molecule is C=CS(=O)(=O)NC1CCCN(CCN(C(=O)OC(C)(C)C)c2ccc(OC(F)(F)F)cc2)C1. The third kappa shape index (κ3) is 9.60. The van der Waals surface area contributed by atoms with Crippen LogP contribution in [0.3, 0.4) is 0 Å². The van der Waals surface area contributed by atoms with Crippen LogP contribution in [0.2, 0.25) is 0 Å². The van der Waals surface area contributed by atoms with E-state index in [-0.39, 0.29) is 12.6 Å². The van der Waals surface area contributed by atoms with Crippen LogP contribution in [0.5, 0.6) is 5.75 Å². The lowest BCUT2D eigenvalue weighted by molar-refractivity contribution is -0.274. The van der Waals surface area contributed by atoms with Crippen LogP contribution >= 0.6 is 0 Å². The normalized spacial score (nSPS) is 17.9. The number of amides is 1. The molecule has 33 heavy (non-hydrogen) atoms. The maximum atomic E-state index is 12.8. The topological polar surface area (TPSA) is 88.2 Å². The number of alkyl halides is 3. The van der Waals surface area contributed by atoms with Crippen LogP contribution in [0.25, 0.3) is 0 Å². The Hall–Kier alpha value is -2.31. The molecule has 1 heterocycles. The molecule has 8 nitrogen and oxygen atoms in total. The molecule has 1 atom stereocenters. The quantitative estimate of drug-likeness (QED) is 0.592. The summed E-state index contributed by atoms with van der Waals surface area (Å²) >= 11 is 0. The number of hydrogen-bond donors (Lipinski definition) is 1. The predicted molar refractivity (Wildman–Crippen MR) is 118 cm³/mol. The number of sulfonamides is 1. The summed E-state index contributed by atoms with van der Waals surface area (Å²) in [5.74, 6) is -0.399. The minimum absolute atomic E-state index is 0.190. The summed E-state index contributed by atoms with van der Waals surface area (Å²) in [6.07, 6.45) is -4.02. The Bertz CT molecular complexity index is 915. The van der Waals surface area contributed by atoms with Gasteiger partial charge in [-0.25, -0.2) is 17.9 Å². The van der Waals surface area contributed by atoms with Crippen LogP contribution in [-0.2, 0) is 14.8 Å². The van der Waals surface area contributed by atoms with E-state index >= 15 is 0 Å². The lowest BCUT2D eigenvalue weighted by Gasteiger charge is -2.34. The first kappa shape index (κ1) is 26.9. The maximum Gasteiger partial charge on any atom is 0.573 e. The van der Waals surface area contributed by atoms with Gasteiger partial charge in [0.15, 0.2) is 0 Å². The number of carbonyl (C=O) groups is 1. The second-order valence-electron chi connectivity index (χ2n) is 8.64. The number of carbonyl (C=O) groups excluding carboxylic acids is 1. The van der Waals surface area contributed by atoms with Gasteiger partial charge >= 0.3 is 12.5 Å². The number of halogens is 3. The van der Waals surface area contributed by atoms with E-state index in [0.717, 1.165) is 24.0 Å². The molecule has 0 spiro atoms. The smallest absolute Gasteiger partial charge is 0.443 e. The fourth-order valence-electron chi connectivity index (χ4n) is 3.35. The largest absolute Gasteiger partial charge is 0.573 e. The Morgan fingerprint density at radius 2 is 1.91 bits per heavy atom. The van der Waals surface area contributed by atoms with E-state index in [1.807, 2.05) is 4.90 Å². The van der Waals surface area contributed by atoms with Crippen molar-refractivity contribution < 1.29 is 35.9 Å². The second-order valence-corrected chi connectivity index (χ2v) is 10.3. The summed E-state index contributed by atoms with van der Waals surface area (Å²) in [5, 5.41) is 0.863. The molecule has 186 valence electrons. The van der Waals surface area contributed by atoms with Crippen molar-refractivity contribution in [2.24, 2.45) is 0 Å². The van der Waals surface area contributed by atoms with Crippen LogP contribution < -0.4 is 14.4 Å². The summed E-state index contributed by atoms with van der Waals surface area (Å²) in [6, 6.07) is 4.67. The first-order valence-corrected chi connectivity index (χ1v) is 12.0. The molecule has 1 unspecified atom stereocenters. The highest BCUT2D eigenvalue weighted by Gasteiger charge is 2.31. The number of rotatable bonds is 8. The molecule has 1 aliphatic heterocycles. The van der Waals surface area contributed by atoms with Gasteiger partial charge in [0.25, 0.3) is 0 Å². The fourth-order valence-corrected chi connectivity index (χ4v) is 4.10. The average Bonchev–Trinajstić information content (AvgIpc) is 2.67. The van der Waals surface area contributed by atoms with Gasteiger partial charge in [0.1, 0.15) is 11.4 Å². The van der Waals surface area contributed by atoms with E-state index < -0.39 is 33.8 Å². The van der Waals surface area contributed by atoms with Crippen LogP contribution in [0.15, 0.2) is 36.3 Å². The number of benzene rings is 1. The lowest BCUT2D eigenvalue weighted by Crippen LogP contribution is -2.49. The fraction of sp³-hybridized carbons (Fsp3) is 0.571. The van der Waals surface area contributed by atoms with E-state index in [1.165, 1.54) is 17.0 Å². The Morgan fingerprint density at radius 1 is 1.27 bits per heavy atom. The molecule has 1 N–H and O–H groups in total. The third-order valence-electron chi connectivity index (χ3n) is 4.69. The zero-order valence-electron chi connectivity index (χ0n) is 18.9. The molecule has 2 rings (SSSR count). The number of hydrogen-bond acceptors (Lipinski definition) is 6. The Kier molecular flexibility index (Phi) is 8.77.